The van der Waals surface area contributed by atoms with Crippen LogP contribution in [0.25, 0.3) is 66.1 Å². The molecule has 59 heavy (non-hydrogen) atoms. The number of benzene rings is 9. The zero-order valence-electron chi connectivity index (χ0n) is 31.8. The van der Waals surface area contributed by atoms with Gasteiger partial charge in [0.1, 0.15) is 22.3 Å². The molecule has 11 aromatic rings. The van der Waals surface area contributed by atoms with Crippen molar-refractivity contribution in [3.63, 3.8) is 0 Å². The van der Waals surface area contributed by atoms with Gasteiger partial charge in [-0.3, -0.25) is 0 Å². The Hall–Kier alpha value is -7.76. The van der Waals surface area contributed by atoms with Gasteiger partial charge in [0.2, 0.25) is 0 Å². The van der Waals surface area contributed by atoms with Gasteiger partial charge in [0.15, 0.2) is 0 Å². The van der Waals surface area contributed by atoms with Crippen molar-refractivity contribution in [2.24, 2.45) is 0 Å². The zero-order valence-corrected chi connectivity index (χ0v) is 31.8. The molecule has 0 N–H and O–H groups in total. The van der Waals surface area contributed by atoms with E-state index in [-0.39, 0.29) is 6.71 Å². The average Bonchev–Trinajstić information content (AvgIpc) is 3.88. The number of furan rings is 2. The van der Waals surface area contributed by atoms with Crippen molar-refractivity contribution in [1.29, 1.82) is 0 Å². The molecule has 2 aliphatic heterocycles. The number of hydrogen-bond donors (Lipinski definition) is 0. The van der Waals surface area contributed by atoms with Crippen LogP contribution in [0.5, 0.6) is 0 Å². The second-order valence-electron chi connectivity index (χ2n) is 15.6. The third kappa shape index (κ3) is 4.67. The molecule has 2 aliphatic rings. The maximum absolute atomic E-state index is 6.38. The molecule has 2 aromatic heterocycles. The lowest BCUT2D eigenvalue weighted by atomic mass is 9.33. The SMILES string of the molecule is c1ccc(N2c3ccccc3B3c4cc(-c5cccc6oc7ccccc7c56)ccc4N(c4ccc(-c5cccc6oc7ccccc7c56)cc4)c4cccc2c43)cc1. The van der Waals surface area contributed by atoms with E-state index in [1.165, 1.54) is 50.3 Å². The lowest BCUT2D eigenvalue weighted by molar-refractivity contribution is 0.668. The summed E-state index contributed by atoms with van der Waals surface area (Å²) in [5.41, 5.74) is 19.1. The standard InChI is InChI=1S/C54H33BN2O2/c1-2-13-36(14-3-1)56-44-20-7-6-19-42(44)55-43-33-35(39-18-11-26-51-53(39)41-16-5-9-24-49(41)59-51)29-32-45(43)57(47-22-12-21-46(56)54(47)55)37-30-27-34(28-31-37)38-17-10-25-50-52(38)40-15-4-8-23-48(40)58-50/h1-33H. The minimum atomic E-state index is 0.00936. The van der Waals surface area contributed by atoms with E-state index in [9.17, 15) is 0 Å². The van der Waals surface area contributed by atoms with Gasteiger partial charge < -0.3 is 18.6 Å². The summed E-state index contributed by atoms with van der Waals surface area (Å²) in [4.78, 5) is 4.91. The highest BCUT2D eigenvalue weighted by atomic mass is 16.3. The van der Waals surface area contributed by atoms with Crippen molar-refractivity contribution in [2.75, 3.05) is 9.80 Å². The van der Waals surface area contributed by atoms with E-state index < -0.39 is 0 Å². The number of anilines is 6. The molecule has 0 saturated heterocycles. The number of para-hydroxylation sites is 4. The fourth-order valence-corrected chi connectivity index (χ4v) is 10.0. The largest absolute Gasteiger partial charge is 0.456 e. The van der Waals surface area contributed by atoms with Gasteiger partial charge in [-0.25, -0.2) is 0 Å². The van der Waals surface area contributed by atoms with Gasteiger partial charge in [-0.2, -0.15) is 0 Å². The van der Waals surface area contributed by atoms with Gasteiger partial charge in [-0.05, 0) is 111 Å². The summed E-state index contributed by atoms with van der Waals surface area (Å²) < 4.78 is 12.7. The summed E-state index contributed by atoms with van der Waals surface area (Å²) in [5, 5.41) is 4.55. The van der Waals surface area contributed by atoms with E-state index in [1.54, 1.807) is 0 Å². The lowest BCUT2D eigenvalue weighted by Gasteiger charge is -2.44. The molecule has 0 radical (unpaired) electrons. The third-order valence-corrected chi connectivity index (χ3v) is 12.5. The molecule has 0 atom stereocenters. The van der Waals surface area contributed by atoms with Gasteiger partial charge in [-0.1, -0.05) is 127 Å². The molecular weight excluding hydrogens is 719 g/mol. The Balaban J connectivity index is 1.04. The summed E-state index contributed by atoms with van der Waals surface area (Å²) in [7, 11) is 0. The van der Waals surface area contributed by atoms with E-state index in [1.807, 2.05) is 18.2 Å². The van der Waals surface area contributed by atoms with E-state index in [2.05, 4.69) is 192 Å². The second-order valence-corrected chi connectivity index (χ2v) is 15.6. The van der Waals surface area contributed by atoms with Crippen LogP contribution in [-0.2, 0) is 0 Å². The van der Waals surface area contributed by atoms with Crippen molar-refractivity contribution in [2.45, 2.75) is 0 Å². The fraction of sp³-hybridized carbons (Fsp3) is 0. The summed E-state index contributed by atoms with van der Waals surface area (Å²) in [5.74, 6) is 0. The fourth-order valence-electron chi connectivity index (χ4n) is 10.0. The van der Waals surface area contributed by atoms with E-state index in [4.69, 9.17) is 8.83 Å². The third-order valence-electron chi connectivity index (χ3n) is 12.5. The van der Waals surface area contributed by atoms with Gasteiger partial charge in [-0.15, -0.1) is 0 Å². The predicted molar refractivity (Wildman–Crippen MR) is 246 cm³/mol. The van der Waals surface area contributed by atoms with Gasteiger partial charge >= 0.3 is 0 Å². The topological polar surface area (TPSA) is 32.8 Å². The van der Waals surface area contributed by atoms with Crippen molar-refractivity contribution < 1.29 is 8.83 Å². The monoisotopic (exact) mass is 752 g/mol. The first-order valence-corrected chi connectivity index (χ1v) is 20.2. The first-order valence-electron chi connectivity index (χ1n) is 20.2. The summed E-state index contributed by atoms with van der Waals surface area (Å²) in [6, 6.07) is 72.1. The first-order chi connectivity index (χ1) is 29.3. The van der Waals surface area contributed by atoms with E-state index >= 15 is 0 Å². The highest BCUT2D eigenvalue weighted by molar-refractivity contribution is 7.00. The summed E-state index contributed by atoms with van der Waals surface area (Å²) in [6.07, 6.45) is 0. The lowest BCUT2D eigenvalue weighted by Crippen LogP contribution is -2.61. The molecule has 4 heterocycles. The van der Waals surface area contributed by atoms with Crippen LogP contribution in [0.2, 0.25) is 0 Å². The number of hydrogen-bond acceptors (Lipinski definition) is 4. The maximum Gasteiger partial charge on any atom is 0.252 e. The molecule has 0 fully saturated rings. The van der Waals surface area contributed by atoms with Crippen LogP contribution in [0.1, 0.15) is 0 Å². The van der Waals surface area contributed by atoms with Crippen molar-refractivity contribution in [3.8, 4) is 22.3 Å². The maximum atomic E-state index is 6.38. The predicted octanol–water partition coefficient (Wildman–Crippen LogP) is 12.9. The smallest absolute Gasteiger partial charge is 0.252 e. The zero-order chi connectivity index (χ0) is 38.6. The quantitative estimate of drug-likeness (QED) is 0.168. The summed E-state index contributed by atoms with van der Waals surface area (Å²) in [6.45, 7) is 0.00936. The number of nitrogens with zero attached hydrogens (tertiary/aromatic N) is 2. The van der Waals surface area contributed by atoms with Crippen molar-refractivity contribution in [3.05, 3.63) is 200 Å². The van der Waals surface area contributed by atoms with Crippen molar-refractivity contribution in [1.82, 2.24) is 0 Å². The summed E-state index contributed by atoms with van der Waals surface area (Å²) >= 11 is 0. The first kappa shape index (κ1) is 32.3. The van der Waals surface area contributed by atoms with Crippen LogP contribution in [0.3, 0.4) is 0 Å². The van der Waals surface area contributed by atoms with Crippen LogP contribution in [0, 0.1) is 0 Å². The molecule has 0 aliphatic carbocycles. The minimum absolute atomic E-state index is 0.00936. The molecule has 274 valence electrons. The molecule has 4 nitrogen and oxygen atoms in total. The van der Waals surface area contributed by atoms with Gasteiger partial charge in [0, 0.05) is 55.7 Å². The Morgan fingerprint density at radius 3 is 1.51 bits per heavy atom. The number of fused-ring (bicyclic) bond motifs is 10. The molecule has 5 heteroatoms. The Kier molecular flexibility index (Phi) is 6.78. The van der Waals surface area contributed by atoms with Crippen LogP contribution < -0.4 is 26.2 Å². The molecular formula is C54H33BN2O2. The average molecular weight is 753 g/mol. The number of rotatable bonds is 4. The van der Waals surface area contributed by atoms with Crippen LogP contribution in [-0.4, -0.2) is 6.71 Å². The molecule has 0 saturated carbocycles. The highest BCUT2D eigenvalue weighted by Gasteiger charge is 2.43. The normalized spacial score (nSPS) is 13.0. The molecule has 9 aromatic carbocycles. The Bertz CT molecular complexity index is 3480. The minimum Gasteiger partial charge on any atom is -0.456 e. The molecule has 13 rings (SSSR count). The Labute approximate surface area is 340 Å². The second kappa shape index (κ2) is 12.4. The van der Waals surface area contributed by atoms with Gasteiger partial charge in [0.25, 0.3) is 6.71 Å². The van der Waals surface area contributed by atoms with Crippen LogP contribution >= 0.6 is 0 Å². The van der Waals surface area contributed by atoms with Crippen LogP contribution in [0.4, 0.5) is 34.1 Å². The molecule has 0 bridgehead atoms. The van der Waals surface area contributed by atoms with E-state index in [0.717, 1.165) is 66.4 Å². The highest BCUT2D eigenvalue weighted by Crippen LogP contribution is 2.46. The molecule has 0 spiro atoms. The van der Waals surface area contributed by atoms with E-state index in [0.29, 0.717) is 0 Å². The van der Waals surface area contributed by atoms with Gasteiger partial charge in [0.05, 0.1) is 0 Å². The molecule has 0 amide bonds. The Morgan fingerprint density at radius 2 is 0.831 bits per heavy atom. The molecule has 0 unspecified atom stereocenters. The Morgan fingerprint density at radius 1 is 0.339 bits per heavy atom. The van der Waals surface area contributed by atoms with Crippen LogP contribution in [0.15, 0.2) is 209 Å². The van der Waals surface area contributed by atoms with Crippen molar-refractivity contribution >= 4 is 101 Å².